The number of rotatable bonds is 6. The van der Waals surface area contributed by atoms with E-state index in [0.29, 0.717) is 24.6 Å². The highest BCUT2D eigenvalue weighted by Crippen LogP contribution is 2.33. The fourth-order valence-electron chi connectivity index (χ4n) is 2.55. The lowest BCUT2D eigenvalue weighted by Crippen LogP contribution is -2.34. The van der Waals surface area contributed by atoms with E-state index in [1.54, 1.807) is 18.2 Å². The van der Waals surface area contributed by atoms with Crippen LogP contribution in [0.4, 0.5) is 19.3 Å². The van der Waals surface area contributed by atoms with Gasteiger partial charge < -0.3 is 24.4 Å². The van der Waals surface area contributed by atoms with E-state index in [1.807, 2.05) is 19.1 Å². The molecule has 1 aliphatic heterocycles. The molecule has 0 atom stereocenters. The normalized spacial score (nSPS) is 12.2. The summed E-state index contributed by atoms with van der Waals surface area (Å²) in [5, 5.41) is 2.61. The number of anilines is 1. The van der Waals surface area contributed by atoms with E-state index in [0.717, 1.165) is 5.56 Å². The molecule has 26 heavy (non-hydrogen) atoms. The standard InChI is InChI=1S/C18H18F2N2O4/c1-2-22(10-12-7-8-15-16(9-12)25-11-24-15)18(23)21-13-5-3-4-6-14(13)26-17(19)20/h3-9,17H,2,10-11H2,1H3,(H,21,23). The van der Waals surface area contributed by atoms with Crippen LogP contribution in [0.15, 0.2) is 42.5 Å². The lowest BCUT2D eigenvalue weighted by Gasteiger charge is -2.22. The molecule has 138 valence electrons. The molecule has 0 aromatic heterocycles. The van der Waals surface area contributed by atoms with Crippen LogP contribution in [-0.2, 0) is 6.54 Å². The average Bonchev–Trinajstić information content (AvgIpc) is 3.08. The summed E-state index contributed by atoms with van der Waals surface area (Å²) in [6.07, 6.45) is 0. The van der Waals surface area contributed by atoms with E-state index >= 15 is 0 Å². The van der Waals surface area contributed by atoms with Crippen LogP contribution in [0.1, 0.15) is 12.5 Å². The summed E-state index contributed by atoms with van der Waals surface area (Å²) < 4.78 is 40.0. The highest BCUT2D eigenvalue weighted by molar-refractivity contribution is 5.91. The van der Waals surface area contributed by atoms with E-state index in [1.165, 1.54) is 17.0 Å². The monoisotopic (exact) mass is 364 g/mol. The maximum absolute atomic E-state index is 12.5. The van der Waals surface area contributed by atoms with E-state index in [4.69, 9.17) is 9.47 Å². The Balaban J connectivity index is 1.70. The number of urea groups is 1. The van der Waals surface area contributed by atoms with Gasteiger partial charge in [0.05, 0.1) is 5.69 Å². The zero-order valence-electron chi connectivity index (χ0n) is 14.1. The van der Waals surface area contributed by atoms with Crippen molar-refractivity contribution in [3.05, 3.63) is 48.0 Å². The van der Waals surface area contributed by atoms with Crippen LogP contribution >= 0.6 is 0 Å². The Kier molecular flexibility index (Phi) is 5.40. The highest BCUT2D eigenvalue weighted by Gasteiger charge is 2.18. The Morgan fingerprint density at radius 3 is 2.77 bits per heavy atom. The SMILES string of the molecule is CCN(Cc1ccc2c(c1)OCO2)C(=O)Nc1ccccc1OC(F)F. The third-order valence-corrected chi connectivity index (χ3v) is 3.82. The van der Waals surface area contributed by atoms with Crippen molar-refractivity contribution >= 4 is 11.7 Å². The van der Waals surface area contributed by atoms with Crippen molar-refractivity contribution < 1.29 is 27.8 Å². The van der Waals surface area contributed by atoms with Gasteiger partial charge in [-0.15, -0.1) is 0 Å². The summed E-state index contributed by atoms with van der Waals surface area (Å²) in [4.78, 5) is 14.1. The quantitative estimate of drug-likeness (QED) is 0.839. The Morgan fingerprint density at radius 2 is 2.00 bits per heavy atom. The molecule has 6 nitrogen and oxygen atoms in total. The van der Waals surface area contributed by atoms with Crippen molar-refractivity contribution in [2.45, 2.75) is 20.1 Å². The molecule has 8 heteroatoms. The van der Waals surface area contributed by atoms with Crippen LogP contribution in [0.2, 0.25) is 0 Å². The summed E-state index contributed by atoms with van der Waals surface area (Å²) in [5.74, 6) is 1.21. The molecule has 0 bridgehead atoms. The number of fused-ring (bicyclic) bond motifs is 1. The summed E-state index contributed by atoms with van der Waals surface area (Å²) in [5.41, 5.74) is 1.05. The number of alkyl halides is 2. The molecule has 0 radical (unpaired) electrons. The third kappa shape index (κ3) is 4.14. The maximum Gasteiger partial charge on any atom is 0.387 e. The van der Waals surface area contributed by atoms with Crippen LogP contribution in [-0.4, -0.2) is 30.9 Å². The first-order valence-electron chi connectivity index (χ1n) is 8.05. The zero-order chi connectivity index (χ0) is 18.5. The van der Waals surface area contributed by atoms with Gasteiger partial charge in [-0.3, -0.25) is 0 Å². The van der Waals surface area contributed by atoms with Crippen molar-refractivity contribution in [2.24, 2.45) is 0 Å². The van der Waals surface area contributed by atoms with Gasteiger partial charge in [0.2, 0.25) is 6.79 Å². The minimum Gasteiger partial charge on any atom is -0.454 e. The van der Waals surface area contributed by atoms with Crippen LogP contribution < -0.4 is 19.5 Å². The Bertz CT molecular complexity index is 786. The van der Waals surface area contributed by atoms with Gasteiger partial charge in [-0.25, -0.2) is 4.79 Å². The van der Waals surface area contributed by atoms with Gasteiger partial charge in [-0.2, -0.15) is 8.78 Å². The number of carbonyl (C=O) groups is 1. The smallest absolute Gasteiger partial charge is 0.387 e. The predicted octanol–water partition coefficient (Wildman–Crippen LogP) is 4.07. The number of para-hydroxylation sites is 2. The van der Waals surface area contributed by atoms with Crippen LogP contribution in [0.5, 0.6) is 17.2 Å². The number of halogens is 2. The van der Waals surface area contributed by atoms with Crippen LogP contribution in [0.3, 0.4) is 0 Å². The number of hydrogen-bond acceptors (Lipinski definition) is 4. The van der Waals surface area contributed by atoms with Crippen LogP contribution in [0, 0.1) is 0 Å². The minimum atomic E-state index is -2.97. The van der Waals surface area contributed by atoms with Gasteiger partial charge in [-0.1, -0.05) is 18.2 Å². The second-order valence-electron chi connectivity index (χ2n) is 5.51. The molecule has 1 N–H and O–H groups in total. The number of nitrogens with zero attached hydrogens (tertiary/aromatic N) is 1. The predicted molar refractivity (Wildman–Crippen MR) is 90.7 cm³/mol. The van der Waals surface area contributed by atoms with Gasteiger partial charge in [0, 0.05) is 13.1 Å². The largest absolute Gasteiger partial charge is 0.454 e. The number of nitrogens with one attached hydrogen (secondary N) is 1. The molecule has 2 aromatic rings. The van der Waals surface area contributed by atoms with Crippen molar-refractivity contribution in [1.29, 1.82) is 0 Å². The molecular weight excluding hydrogens is 346 g/mol. The molecule has 2 aromatic carbocycles. The zero-order valence-corrected chi connectivity index (χ0v) is 14.1. The lowest BCUT2D eigenvalue weighted by atomic mass is 10.2. The Hall–Kier alpha value is -3.03. The van der Waals surface area contributed by atoms with Crippen molar-refractivity contribution in [2.75, 3.05) is 18.7 Å². The molecule has 0 saturated heterocycles. The van der Waals surface area contributed by atoms with Crippen LogP contribution in [0.25, 0.3) is 0 Å². The second kappa shape index (κ2) is 7.90. The summed E-state index contributed by atoms with van der Waals surface area (Å²) in [7, 11) is 0. The van der Waals surface area contributed by atoms with E-state index in [-0.39, 0.29) is 18.2 Å². The number of benzene rings is 2. The minimum absolute atomic E-state index is 0.0880. The van der Waals surface area contributed by atoms with Gasteiger partial charge in [0.25, 0.3) is 0 Å². The van der Waals surface area contributed by atoms with E-state index in [2.05, 4.69) is 10.1 Å². The number of carbonyl (C=O) groups excluding carboxylic acids is 1. The molecular formula is C18H18F2N2O4. The first-order valence-corrected chi connectivity index (χ1v) is 8.05. The van der Waals surface area contributed by atoms with Gasteiger partial charge in [-0.05, 0) is 36.8 Å². The molecule has 0 saturated carbocycles. The number of amides is 2. The number of hydrogen-bond donors (Lipinski definition) is 1. The third-order valence-electron chi connectivity index (χ3n) is 3.82. The molecule has 0 unspecified atom stereocenters. The molecule has 2 amide bonds. The molecule has 1 heterocycles. The van der Waals surface area contributed by atoms with E-state index < -0.39 is 12.6 Å². The fourth-order valence-corrected chi connectivity index (χ4v) is 2.55. The molecule has 0 fully saturated rings. The van der Waals surface area contributed by atoms with Gasteiger partial charge >= 0.3 is 12.6 Å². The topological polar surface area (TPSA) is 60.0 Å². The van der Waals surface area contributed by atoms with Gasteiger partial charge in [0.1, 0.15) is 5.75 Å². The fraction of sp³-hybridized carbons (Fsp3) is 0.278. The first kappa shape index (κ1) is 17.8. The molecule has 0 aliphatic carbocycles. The van der Waals surface area contributed by atoms with Crippen molar-refractivity contribution in [1.82, 2.24) is 4.90 Å². The Labute approximate surface area is 149 Å². The van der Waals surface area contributed by atoms with E-state index in [9.17, 15) is 13.6 Å². The summed E-state index contributed by atoms with van der Waals surface area (Å²) in [6, 6.07) is 11.1. The molecule has 0 spiro atoms. The van der Waals surface area contributed by atoms with Gasteiger partial charge in [0.15, 0.2) is 11.5 Å². The van der Waals surface area contributed by atoms with Crippen molar-refractivity contribution in [3.63, 3.8) is 0 Å². The number of ether oxygens (including phenoxy) is 3. The molecule has 3 rings (SSSR count). The first-order chi connectivity index (χ1) is 12.6. The molecule has 1 aliphatic rings. The second-order valence-corrected chi connectivity index (χ2v) is 5.51. The lowest BCUT2D eigenvalue weighted by molar-refractivity contribution is -0.0493. The van der Waals surface area contributed by atoms with Crippen molar-refractivity contribution in [3.8, 4) is 17.2 Å². The highest BCUT2D eigenvalue weighted by atomic mass is 19.3. The Morgan fingerprint density at radius 1 is 1.23 bits per heavy atom. The average molecular weight is 364 g/mol. The summed E-state index contributed by atoms with van der Waals surface area (Å²) >= 11 is 0. The maximum atomic E-state index is 12.5. The summed E-state index contributed by atoms with van der Waals surface area (Å²) in [6.45, 7) is -0.204.